The van der Waals surface area contributed by atoms with E-state index < -0.39 is 4.92 Å². The molecule has 1 amide bonds. The number of rotatable bonds is 7. The van der Waals surface area contributed by atoms with Gasteiger partial charge in [0, 0.05) is 18.7 Å². The third kappa shape index (κ3) is 5.46. The summed E-state index contributed by atoms with van der Waals surface area (Å²) in [6.07, 6.45) is 2.83. The normalized spacial score (nSPS) is 15.6. The summed E-state index contributed by atoms with van der Waals surface area (Å²) in [6, 6.07) is 13.5. The molecule has 0 N–H and O–H groups in total. The number of ether oxygens (including phenoxy) is 2. The molecule has 1 aliphatic heterocycles. The highest BCUT2D eigenvalue weighted by molar-refractivity contribution is 8.18. The number of amides is 1. The van der Waals surface area contributed by atoms with E-state index in [1.165, 1.54) is 43.1 Å². The van der Waals surface area contributed by atoms with E-state index >= 15 is 0 Å². The molecule has 0 radical (unpaired) electrons. The first-order valence-electron chi connectivity index (χ1n) is 10.4. The topological polar surface area (TPSA) is 107 Å². The van der Waals surface area contributed by atoms with E-state index in [0.29, 0.717) is 39.4 Å². The van der Waals surface area contributed by atoms with Crippen LogP contribution in [-0.4, -0.2) is 39.5 Å². The Morgan fingerprint density at radius 1 is 1.17 bits per heavy atom. The molecule has 9 nitrogen and oxygen atoms in total. The molecular formula is C24H19FN4O5S. The summed E-state index contributed by atoms with van der Waals surface area (Å²) >= 11 is 1.23. The van der Waals surface area contributed by atoms with Gasteiger partial charge in [-0.1, -0.05) is 6.07 Å². The zero-order valence-electron chi connectivity index (χ0n) is 18.7. The minimum Gasteiger partial charge on any atom is -0.493 e. The third-order valence-corrected chi connectivity index (χ3v) is 5.89. The third-order valence-electron chi connectivity index (χ3n) is 4.89. The fourth-order valence-corrected chi connectivity index (χ4v) is 4.22. The van der Waals surface area contributed by atoms with Crippen LogP contribution in [0.15, 0.2) is 70.7 Å². The lowest BCUT2D eigenvalue weighted by Gasteiger charge is -2.12. The maximum atomic E-state index is 13.2. The van der Waals surface area contributed by atoms with Gasteiger partial charge in [0.05, 0.1) is 22.6 Å². The SMILES string of the molecule is CCN1C(=O)/C(=C\c2ccc(Oc3ccc([N+](=O)[O-])cn3)c(OC)c2)SC1=Nc1ccc(F)cc1. The van der Waals surface area contributed by atoms with Gasteiger partial charge in [0.15, 0.2) is 16.7 Å². The van der Waals surface area contributed by atoms with E-state index in [9.17, 15) is 19.3 Å². The van der Waals surface area contributed by atoms with Gasteiger partial charge in [-0.3, -0.25) is 19.8 Å². The van der Waals surface area contributed by atoms with Crippen molar-refractivity contribution in [2.45, 2.75) is 6.92 Å². The average Bonchev–Trinajstić information content (AvgIpc) is 3.15. The van der Waals surface area contributed by atoms with Crippen LogP contribution in [0.2, 0.25) is 0 Å². The van der Waals surface area contributed by atoms with Gasteiger partial charge in [-0.2, -0.15) is 0 Å². The van der Waals surface area contributed by atoms with Crippen molar-refractivity contribution in [2.24, 2.45) is 4.99 Å². The summed E-state index contributed by atoms with van der Waals surface area (Å²) < 4.78 is 24.3. The summed E-state index contributed by atoms with van der Waals surface area (Å²) in [5.41, 5.74) is 1.10. The predicted molar refractivity (Wildman–Crippen MR) is 130 cm³/mol. The molecule has 4 rings (SSSR count). The Morgan fingerprint density at radius 2 is 1.94 bits per heavy atom. The minimum absolute atomic E-state index is 0.145. The monoisotopic (exact) mass is 494 g/mol. The zero-order chi connectivity index (χ0) is 24.9. The molecule has 0 bridgehead atoms. The molecule has 2 aromatic carbocycles. The van der Waals surface area contributed by atoms with E-state index in [0.717, 1.165) is 6.20 Å². The first kappa shape index (κ1) is 23.9. The van der Waals surface area contributed by atoms with E-state index in [-0.39, 0.29) is 23.3 Å². The average molecular weight is 495 g/mol. The summed E-state index contributed by atoms with van der Waals surface area (Å²) in [5.74, 6) is 0.370. The molecular weight excluding hydrogens is 475 g/mol. The van der Waals surface area contributed by atoms with Gasteiger partial charge in [-0.05, 0) is 66.7 Å². The largest absolute Gasteiger partial charge is 0.493 e. The maximum absolute atomic E-state index is 13.2. The summed E-state index contributed by atoms with van der Waals surface area (Å²) in [4.78, 5) is 33.6. The van der Waals surface area contributed by atoms with E-state index in [4.69, 9.17) is 9.47 Å². The number of pyridine rings is 1. The highest BCUT2D eigenvalue weighted by Crippen LogP contribution is 2.36. The van der Waals surface area contributed by atoms with Crippen molar-refractivity contribution in [1.82, 2.24) is 9.88 Å². The number of carbonyl (C=O) groups is 1. The van der Waals surface area contributed by atoms with Crippen molar-refractivity contribution in [3.05, 3.63) is 87.2 Å². The van der Waals surface area contributed by atoms with Crippen molar-refractivity contribution < 1.29 is 23.6 Å². The molecule has 178 valence electrons. The molecule has 0 unspecified atom stereocenters. The maximum Gasteiger partial charge on any atom is 0.287 e. The number of hydrogen-bond donors (Lipinski definition) is 0. The second kappa shape index (κ2) is 10.3. The first-order valence-corrected chi connectivity index (χ1v) is 11.2. The zero-order valence-corrected chi connectivity index (χ0v) is 19.5. The van der Waals surface area contributed by atoms with Crippen LogP contribution in [0.5, 0.6) is 17.4 Å². The standard InChI is InChI=1S/C24H19FN4O5S/c1-3-28-23(30)21(35-24(28)27-17-7-5-16(25)6-8-17)13-15-4-10-19(20(12-15)33-2)34-22-11-9-18(14-26-22)29(31)32/h4-14H,3H2,1-2H3/b21-13+,27-24?. The Hall–Kier alpha value is -4.25. The highest BCUT2D eigenvalue weighted by Gasteiger charge is 2.32. The van der Waals surface area contributed by atoms with Crippen LogP contribution < -0.4 is 9.47 Å². The Balaban J connectivity index is 1.57. The molecule has 11 heteroatoms. The van der Waals surface area contributed by atoms with Crippen LogP contribution in [-0.2, 0) is 4.79 Å². The fourth-order valence-electron chi connectivity index (χ4n) is 3.16. The number of methoxy groups -OCH3 is 1. The Kier molecular flexibility index (Phi) is 7.06. The Bertz CT molecular complexity index is 1330. The number of hydrogen-bond acceptors (Lipinski definition) is 8. The number of benzene rings is 2. The van der Waals surface area contributed by atoms with Crippen molar-refractivity contribution in [3.8, 4) is 17.4 Å². The molecule has 1 aliphatic rings. The van der Waals surface area contributed by atoms with Crippen LogP contribution in [0, 0.1) is 15.9 Å². The van der Waals surface area contributed by atoms with Gasteiger partial charge in [0.25, 0.3) is 11.6 Å². The van der Waals surface area contributed by atoms with Crippen molar-refractivity contribution in [1.29, 1.82) is 0 Å². The number of likely N-dealkylation sites (N-methyl/N-ethyl adjacent to an activating group) is 1. The number of aromatic nitrogens is 1. The van der Waals surface area contributed by atoms with E-state index in [1.54, 1.807) is 41.3 Å². The van der Waals surface area contributed by atoms with Gasteiger partial charge in [0.1, 0.15) is 12.0 Å². The lowest BCUT2D eigenvalue weighted by molar-refractivity contribution is -0.385. The quantitative estimate of drug-likeness (QED) is 0.241. The molecule has 0 atom stereocenters. The first-order chi connectivity index (χ1) is 16.9. The predicted octanol–water partition coefficient (Wildman–Crippen LogP) is 5.55. The number of carbonyl (C=O) groups excluding carboxylic acids is 1. The van der Waals surface area contributed by atoms with Gasteiger partial charge >= 0.3 is 0 Å². The second-order valence-corrected chi connectivity index (χ2v) is 8.16. The number of nitro groups is 1. The minimum atomic E-state index is -0.544. The van der Waals surface area contributed by atoms with Crippen LogP contribution in [0.1, 0.15) is 12.5 Å². The number of amidine groups is 1. The molecule has 0 saturated carbocycles. The van der Waals surface area contributed by atoms with E-state index in [2.05, 4.69) is 9.98 Å². The molecule has 2 heterocycles. The lowest BCUT2D eigenvalue weighted by atomic mass is 10.2. The molecule has 0 aliphatic carbocycles. The molecule has 1 aromatic heterocycles. The molecule has 1 fully saturated rings. The Morgan fingerprint density at radius 3 is 2.57 bits per heavy atom. The molecule has 3 aromatic rings. The van der Waals surface area contributed by atoms with E-state index in [1.807, 2.05) is 6.92 Å². The van der Waals surface area contributed by atoms with Gasteiger partial charge < -0.3 is 9.47 Å². The number of halogens is 1. The van der Waals surface area contributed by atoms with Crippen LogP contribution in [0.25, 0.3) is 6.08 Å². The van der Waals surface area contributed by atoms with Crippen LogP contribution in [0.3, 0.4) is 0 Å². The molecule has 0 spiro atoms. The summed E-state index contributed by atoms with van der Waals surface area (Å²) in [7, 11) is 1.48. The number of nitrogens with zero attached hydrogens (tertiary/aromatic N) is 4. The molecule has 1 saturated heterocycles. The smallest absolute Gasteiger partial charge is 0.287 e. The summed E-state index contributed by atoms with van der Waals surface area (Å²) in [5, 5.41) is 11.3. The fraction of sp³-hybridized carbons (Fsp3) is 0.125. The van der Waals surface area contributed by atoms with Gasteiger partial charge in [-0.15, -0.1) is 0 Å². The molecule has 35 heavy (non-hydrogen) atoms. The summed E-state index contributed by atoms with van der Waals surface area (Å²) in [6.45, 7) is 2.28. The van der Waals surface area contributed by atoms with Crippen LogP contribution >= 0.6 is 11.8 Å². The Labute approximate surface area is 204 Å². The van der Waals surface area contributed by atoms with Crippen LogP contribution in [0.4, 0.5) is 15.8 Å². The van der Waals surface area contributed by atoms with Crippen molar-refractivity contribution in [2.75, 3.05) is 13.7 Å². The van der Waals surface area contributed by atoms with Crippen molar-refractivity contribution in [3.63, 3.8) is 0 Å². The second-order valence-electron chi connectivity index (χ2n) is 7.15. The lowest BCUT2D eigenvalue weighted by Crippen LogP contribution is -2.28. The van der Waals surface area contributed by atoms with Gasteiger partial charge in [0.2, 0.25) is 5.88 Å². The number of aliphatic imine (C=N–C) groups is 1. The van der Waals surface area contributed by atoms with Crippen molar-refractivity contribution >= 4 is 40.3 Å². The van der Waals surface area contributed by atoms with Gasteiger partial charge in [-0.25, -0.2) is 14.4 Å². The highest BCUT2D eigenvalue weighted by atomic mass is 32.2. The number of thioether (sulfide) groups is 1.